The van der Waals surface area contributed by atoms with Crippen molar-refractivity contribution < 1.29 is 13.9 Å². The molecule has 0 atom stereocenters. The molecule has 17 heavy (non-hydrogen) atoms. The number of anilines is 1. The molecule has 1 aromatic carbocycles. The maximum Gasteiger partial charge on any atom is 0.150 e. The van der Waals surface area contributed by atoms with Crippen molar-refractivity contribution >= 4 is 5.69 Å². The Morgan fingerprint density at radius 1 is 1.35 bits per heavy atom. The van der Waals surface area contributed by atoms with Gasteiger partial charge in [-0.15, -0.1) is 0 Å². The second kappa shape index (κ2) is 4.30. The van der Waals surface area contributed by atoms with Crippen LogP contribution in [0.1, 0.15) is 24.8 Å². The zero-order valence-corrected chi connectivity index (χ0v) is 9.13. The monoisotopic (exact) mass is 238 g/mol. The minimum atomic E-state index is -0.854. The van der Waals surface area contributed by atoms with Gasteiger partial charge in [-0.25, -0.2) is 8.78 Å². The van der Waals surface area contributed by atoms with Gasteiger partial charge in [0, 0.05) is 6.54 Å². The van der Waals surface area contributed by atoms with Crippen molar-refractivity contribution in [2.24, 2.45) is 0 Å². The molecule has 3 nitrogen and oxygen atoms in total. The van der Waals surface area contributed by atoms with Crippen LogP contribution in [0.4, 0.5) is 14.5 Å². The van der Waals surface area contributed by atoms with Gasteiger partial charge in [-0.2, -0.15) is 5.26 Å². The Bertz CT molecular complexity index is 455. The molecule has 0 aliphatic heterocycles. The summed E-state index contributed by atoms with van der Waals surface area (Å²) in [6.07, 6.45) is 2.20. The van der Waals surface area contributed by atoms with Gasteiger partial charge in [0.05, 0.1) is 17.2 Å². The summed E-state index contributed by atoms with van der Waals surface area (Å²) in [5.41, 5.74) is -1.20. The molecule has 0 saturated heterocycles. The first-order chi connectivity index (χ1) is 8.04. The van der Waals surface area contributed by atoms with Crippen LogP contribution in [0, 0.1) is 23.0 Å². The molecule has 0 radical (unpaired) electrons. The van der Waals surface area contributed by atoms with E-state index >= 15 is 0 Å². The molecule has 0 spiro atoms. The van der Waals surface area contributed by atoms with E-state index in [2.05, 4.69) is 5.32 Å². The lowest BCUT2D eigenvalue weighted by Crippen LogP contribution is -2.43. The molecule has 1 saturated carbocycles. The molecule has 0 heterocycles. The predicted octanol–water partition coefficient (Wildman–Crippen LogP) is 2.16. The van der Waals surface area contributed by atoms with Crippen LogP contribution in [-0.4, -0.2) is 17.3 Å². The number of nitriles is 1. The Morgan fingerprint density at radius 3 is 2.35 bits per heavy atom. The van der Waals surface area contributed by atoms with Crippen LogP contribution in [-0.2, 0) is 0 Å². The quantitative estimate of drug-likeness (QED) is 0.848. The summed E-state index contributed by atoms with van der Waals surface area (Å²) in [6.45, 7) is 0.118. The van der Waals surface area contributed by atoms with Crippen molar-refractivity contribution in [3.8, 4) is 6.07 Å². The van der Waals surface area contributed by atoms with Crippen LogP contribution in [0.2, 0.25) is 0 Å². The molecule has 0 unspecified atom stereocenters. The molecule has 0 bridgehead atoms. The van der Waals surface area contributed by atoms with E-state index < -0.39 is 17.2 Å². The maximum absolute atomic E-state index is 13.5. The van der Waals surface area contributed by atoms with Crippen LogP contribution in [0.5, 0.6) is 0 Å². The lowest BCUT2D eigenvalue weighted by molar-refractivity contribution is -0.0202. The summed E-state index contributed by atoms with van der Waals surface area (Å²) < 4.78 is 26.9. The van der Waals surface area contributed by atoms with E-state index in [1.807, 2.05) is 0 Å². The van der Waals surface area contributed by atoms with E-state index in [-0.39, 0.29) is 17.8 Å². The summed E-state index contributed by atoms with van der Waals surface area (Å²) in [4.78, 5) is 0. The molecule has 1 aliphatic carbocycles. The summed E-state index contributed by atoms with van der Waals surface area (Å²) in [6, 6.07) is 3.61. The summed E-state index contributed by atoms with van der Waals surface area (Å²) >= 11 is 0. The van der Waals surface area contributed by atoms with Crippen LogP contribution >= 0.6 is 0 Å². The van der Waals surface area contributed by atoms with E-state index in [0.717, 1.165) is 18.6 Å². The SMILES string of the molecule is N#Cc1cc(F)c(NCC2(O)CCC2)c(F)c1. The zero-order chi connectivity index (χ0) is 12.5. The lowest BCUT2D eigenvalue weighted by Gasteiger charge is -2.36. The van der Waals surface area contributed by atoms with Crippen molar-refractivity contribution in [3.63, 3.8) is 0 Å². The van der Waals surface area contributed by atoms with Crippen molar-refractivity contribution in [3.05, 3.63) is 29.3 Å². The first-order valence-electron chi connectivity index (χ1n) is 5.39. The van der Waals surface area contributed by atoms with Gasteiger partial charge in [0.2, 0.25) is 0 Å². The van der Waals surface area contributed by atoms with Crippen LogP contribution < -0.4 is 5.32 Å². The number of hydrogen-bond acceptors (Lipinski definition) is 3. The molecule has 2 N–H and O–H groups in total. The Hall–Kier alpha value is -1.67. The summed E-state index contributed by atoms with van der Waals surface area (Å²) in [5.74, 6) is -1.63. The number of rotatable bonds is 3. The van der Waals surface area contributed by atoms with E-state index in [4.69, 9.17) is 5.26 Å². The highest BCUT2D eigenvalue weighted by Crippen LogP contribution is 2.32. The third-order valence-electron chi connectivity index (χ3n) is 3.05. The van der Waals surface area contributed by atoms with Crippen molar-refractivity contribution in [2.75, 3.05) is 11.9 Å². The van der Waals surface area contributed by atoms with Crippen LogP contribution in [0.25, 0.3) is 0 Å². The molecule has 0 aromatic heterocycles. The fourth-order valence-electron chi connectivity index (χ4n) is 1.82. The number of benzene rings is 1. The topological polar surface area (TPSA) is 56.0 Å². The Kier molecular flexibility index (Phi) is 2.99. The Morgan fingerprint density at radius 2 is 1.94 bits per heavy atom. The van der Waals surface area contributed by atoms with E-state index in [1.54, 1.807) is 6.07 Å². The Labute approximate surface area is 97.7 Å². The van der Waals surface area contributed by atoms with Gasteiger partial charge in [-0.05, 0) is 31.4 Å². The lowest BCUT2D eigenvalue weighted by atomic mass is 9.80. The van der Waals surface area contributed by atoms with Crippen molar-refractivity contribution in [1.29, 1.82) is 5.26 Å². The van der Waals surface area contributed by atoms with Gasteiger partial charge in [-0.1, -0.05) is 0 Å². The number of nitrogens with zero attached hydrogens (tertiary/aromatic N) is 1. The van der Waals surface area contributed by atoms with E-state index in [9.17, 15) is 13.9 Å². The third kappa shape index (κ3) is 2.37. The number of nitrogens with one attached hydrogen (secondary N) is 1. The number of aliphatic hydroxyl groups is 1. The first-order valence-corrected chi connectivity index (χ1v) is 5.39. The first kappa shape index (κ1) is 11.8. The third-order valence-corrected chi connectivity index (χ3v) is 3.05. The van der Waals surface area contributed by atoms with Gasteiger partial charge in [-0.3, -0.25) is 0 Å². The van der Waals surface area contributed by atoms with Gasteiger partial charge >= 0.3 is 0 Å². The normalized spacial score (nSPS) is 17.1. The molecule has 0 amide bonds. The molecule has 90 valence electrons. The van der Waals surface area contributed by atoms with Gasteiger partial charge < -0.3 is 10.4 Å². The van der Waals surface area contributed by atoms with Crippen LogP contribution in [0.15, 0.2) is 12.1 Å². The molecular formula is C12H12F2N2O. The maximum atomic E-state index is 13.5. The molecule has 2 rings (SSSR count). The standard InChI is InChI=1S/C12H12F2N2O/c13-9-4-8(6-15)5-10(14)11(9)16-7-12(17)2-1-3-12/h4-5,16-17H,1-3,7H2. The summed E-state index contributed by atoms with van der Waals surface area (Å²) in [5, 5.41) is 20.9. The van der Waals surface area contributed by atoms with Gasteiger partial charge in [0.15, 0.2) is 11.6 Å². The molecule has 1 fully saturated rings. The van der Waals surface area contributed by atoms with Crippen molar-refractivity contribution in [2.45, 2.75) is 24.9 Å². The minimum Gasteiger partial charge on any atom is -0.388 e. The average Bonchev–Trinajstić information content (AvgIpc) is 2.25. The second-order valence-electron chi connectivity index (χ2n) is 4.36. The highest BCUT2D eigenvalue weighted by molar-refractivity contribution is 5.50. The summed E-state index contributed by atoms with van der Waals surface area (Å²) in [7, 11) is 0. The van der Waals surface area contributed by atoms with Crippen LogP contribution in [0.3, 0.4) is 0 Å². The van der Waals surface area contributed by atoms with E-state index in [0.29, 0.717) is 12.8 Å². The fourth-order valence-corrected chi connectivity index (χ4v) is 1.82. The molecular weight excluding hydrogens is 226 g/mol. The minimum absolute atomic E-state index is 0.0621. The molecule has 1 aromatic rings. The highest BCUT2D eigenvalue weighted by Gasteiger charge is 2.34. The fraction of sp³-hybridized carbons (Fsp3) is 0.417. The molecule has 1 aliphatic rings. The smallest absolute Gasteiger partial charge is 0.150 e. The van der Waals surface area contributed by atoms with Gasteiger partial charge in [0.1, 0.15) is 5.69 Å². The van der Waals surface area contributed by atoms with Gasteiger partial charge in [0.25, 0.3) is 0 Å². The van der Waals surface area contributed by atoms with Crippen molar-refractivity contribution in [1.82, 2.24) is 0 Å². The second-order valence-corrected chi connectivity index (χ2v) is 4.36. The Balaban J connectivity index is 2.13. The number of hydrogen-bond donors (Lipinski definition) is 2. The largest absolute Gasteiger partial charge is 0.388 e. The molecule has 5 heteroatoms. The highest BCUT2D eigenvalue weighted by atomic mass is 19.1. The average molecular weight is 238 g/mol. The van der Waals surface area contributed by atoms with E-state index in [1.165, 1.54) is 0 Å². The number of halogens is 2. The zero-order valence-electron chi connectivity index (χ0n) is 9.13. The predicted molar refractivity (Wildman–Crippen MR) is 58.4 cm³/mol.